The number of carbonyl (C=O) groups is 1. The van der Waals surface area contributed by atoms with Gasteiger partial charge in [0.05, 0.1) is 12.8 Å². The number of benzene rings is 1. The Kier molecular flexibility index (Phi) is 4.76. The van der Waals surface area contributed by atoms with Crippen LogP contribution >= 0.6 is 0 Å². The van der Waals surface area contributed by atoms with E-state index >= 15 is 0 Å². The highest BCUT2D eigenvalue weighted by molar-refractivity contribution is 5.90. The number of carbonyl (C=O) groups excluding carboxylic acids is 1. The minimum Gasteiger partial charge on any atom is -0.493 e. The van der Waals surface area contributed by atoms with Crippen molar-refractivity contribution in [2.75, 3.05) is 11.9 Å². The quantitative estimate of drug-likeness (QED) is 0.795. The molecule has 106 valence electrons. The van der Waals surface area contributed by atoms with Crippen molar-refractivity contribution >= 4 is 11.7 Å². The van der Waals surface area contributed by atoms with E-state index in [1.54, 1.807) is 6.20 Å². The summed E-state index contributed by atoms with van der Waals surface area (Å²) >= 11 is 0. The summed E-state index contributed by atoms with van der Waals surface area (Å²) in [6.07, 6.45) is 2.77. The Balaban J connectivity index is 1.70. The van der Waals surface area contributed by atoms with Gasteiger partial charge >= 0.3 is 0 Å². The van der Waals surface area contributed by atoms with E-state index in [0.717, 1.165) is 16.9 Å². The molecular weight excluding hydrogens is 254 g/mol. The Hall–Kier alpha value is -2.30. The largest absolute Gasteiger partial charge is 0.493 e. The third-order valence-electron chi connectivity index (χ3n) is 2.99. The van der Waals surface area contributed by atoms with Crippen molar-refractivity contribution in [2.45, 2.75) is 26.7 Å². The highest BCUT2D eigenvalue weighted by Crippen LogP contribution is 2.16. The number of para-hydroxylation sites is 1. The number of nitrogens with zero attached hydrogens (tertiary/aromatic N) is 1. The number of hydrogen-bond acceptors (Lipinski definition) is 3. The van der Waals surface area contributed by atoms with Gasteiger partial charge in [-0.2, -0.15) is 5.10 Å². The fourth-order valence-corrected chi connectivity index (χ4v) is 1.81. The van der Waals surface area contributed by atoms with Crippen molar-refractivity contribution in [2.24, 2.45) is 0 Å². The molecule has 0 aliphatic heterocycles. The molecule has 0 spiro atoms. The molecule has 0 aliphatic carbocycles. The van der Waals surface area contributed by atoms with E-state index in [2.05, 4.69) is 15.5 Å². The summed E-state index contributed by atoms with van der Waals surface area (Å²) in [6.45, 7) is 4.42. The van der Waals surface area contributed by atoms with Gasteiger partial charge in [0.15, 0.2) is 0 Å². The molecule has 5 heteroatoms. The summed E-state index contributed by atoms with van der Waals surface area (Å²) in [5, 5.41) is 9.39. The molecule has 20 heavy (non-hydrogen) atoms. The first-order valence-corrected chi connectivity index (χ1v) is 6.65. The number of H-pyrrole nitrogens is 1. The van der Waals surface area contributed by atoms with Gasteiger partial charge < -0.3 is 10.1 Å². The zero-order chi connectivity index (χ0) is 14.4. The minimum absolute atomic E-state index is 0.0364. The average molecular weight is 273 g/mol. The Morgan fingerprint density at radius 3 is 2.80 bits per heavy atom. The number of aromatic amines is 1. The lowest BCUT2D eigenvalue weighted by Gasteiger charge is -2.08. The van der Waals surface area contributed by atoms with Crippen LogP contribution in [-0.4, -0.2) is 22.7 Å². The molecule has 0 bridgehead atoms. The highest BCUT2D eigenvalue weighted by Gasteiger charge is 2.06. The van der Waals surface area contributed by atoms with E-state index in [0.29, 0.717) is 25.3 Å². The molecule has 0 saturated carbocycles. The Morgan fingerprint density at radius 2 is 2.10 bits per heavy atom. The molecule has 0 fully saturated rings. The predicted octanol–water partition coefficient (Wildman–Crippen LogP) is 2.82. The number of ether oxygens (including phenoxy) is 1. The van der Waals surface area contributed by atoms with Gasteiger partial charge in [-0.3, -0.25) is 9.89 Å². The standard InChI is InChI=1S/C15H19N3O2/c1-11-6-3-4-7-13(11)20-9-5-8-14(19)17-15-12(2)10-16-18-15/h3-4,6-7,10H,5,8-9H2,1-2H3,(H2,16,17,18,19). The number of aromatic nitrogens is 2. The normalized spacial score (nSPS) is 10.3. The summed E-state index contributed by atoms with van der Waals surface area (Å²) < 4.78 is 5.65. The number of anilines is 1. The van der Waals surface area contributed by atoms with Crippen LogP contribution < -0.4 is 10.1 Å². The zero-order valence-electron chi connectivity index (χ0n) is 11.8. The molecule has 0 unspecified atom stereocenters. The lowest BCUT2D eigenvalue weighted by Crippen LogP contribution is -2.13. The second-order valence-electron chi connectivity index (χ2n) is 4.69. The Morgan fingerprint density at radius 1 is 1.30 bits per heavy atom. The van der Waals surface area contributed by atoms with Gasteiger partial charge in [-0.25, -0.2) is 0 Å². The van der Waals surface area contributed by atoms with Gasteiger partial charge in [-0.05, 0) is 31.9 Å². The monoisotopic (exact) mass is 273 g/mol. The van der Waals surface area contributed by atoms with Gasteiger partial charge in [0.25, 0.3) is 0 Å². The summed E-state index contributed by atoms with van der Waals surface area (Å²) in [5.41, 5.74) is 2.03. The van der Waals surface area contributed by atoms with Crippen LogP contribution in [0.1, 0.15) is 24.0 Å². The van der Waals surface area contributed by atoms with Crippen LogP contribution in [0.5, 0.6) is 5.75 Å². The lowest BCUT2D eigenvalue weighted by molar-refractivity contribution is -0.116. The van der Waals surface area contributed by atoms with Gasteiger partial charge in [0.1, 0.15) is 11.6 Å². The van der Waals surface area contributed by atoms with E-state index in [9.17, 15) is 4.79 Å². The minimum atomic E-state index is -0.0364. The summed E-state index contributed by atoms with van der Waals surface area (Å²) in [6, 6.07) is 7.85. The third-order valence-corrected chi connectivity index (χ3v) is 2.99. The van der Waals surface area contributed by atoms with Crippen molar-refractivity contribution in [3.05, 3.63) is 41.6 Å². The van der Waals surface area contributed by atoms with Crippen molar-refractivity contribution in [3.8, 4) is 5.75 Å². The Bertz CT molecular complexity index is 578. The third kappa shape index (κ3) is 3.85. The fraction of sp³-hybridized carbons (Fsp3) is 0.333. The molecule has 1 heterocycles. The van der Waals surface area contributed by atoms with Crippen LogP contribution in [0.2, 0.25) is 0 Å². The van der Waals surface area contributed by atoms with E-state index in [1.165, 1.54) is 0 Å². The van der Waals surface area contributed by atoms with Crippen LogP contribution in [0.15, 0.2) is 30.5 Å². The van der Waals surface area contributed by atoms with E-state index in [1.807, 2.05) is 38.1 Å². The molecule has 0 aliphatic rings. The molecule has 0 radical (unpaired) electrons. The second-order valence-corrected chi connectivity index (χ2v) is 4.69. The van der Waals surface area contributed by atoms with Crippen LogP contribution in [0.4, 0.5) is 5.82 Å². The first-order chi connectivity index (χ1) is 9.66. The maximum atomic E-state index is 11.7. The average Bonchev–Trinajstić information content (AvgIpc) is 2.82. The SMILES string of the molecule is Cc1ccccc1OCCCC(=O)Nc1[nH]ncc1C. The zero-order valence-corrected chi connectivity index (χ0v) is 11.8. The predicted molar refractivity (Wildman–Crippen MR) is 77.9 cm³/mol. The molecule has 2 aromatic rings. The molecule has 1 aromatic heterocycles. The van der Waals surface area contributed by atoms with Crippen LogP contribution in [0, 0.1) is 13.8 Å². The topological polar surface area (TPSA) is 67.0 Å². The number of nitrogens with one attached hydrogen (secondary N) is 2. The number of aryl methyl sites for hydroxylation is 2. The molecule has 0 atom stereocenters. The lowest BCUT2D eigenvalue weighted by atomic mass is 10.2. The number of rotatable bonds is 6. The molecule has 1 aromatic carbocycles. The summed E-state index contributed by atoms with van der Waals surface area (Å²) in [5.74, 6) is 1.50. The van der Waals surface area contributed by atoms with E-state index < -0.39 is 0 Å². The summed E-state index contributed by atoms with van der Waals surface area (Å²) in [4.78, 5) is 11.7. The van der Waals surface area contributed by atoms with E-state index in [-0.39, 0.29) is 5.91 Å². The second kappa shape index (κ2) is 6.75. The Labute approximate surface area is 118 Å². The van der Waals surface area contributed by atoms with Crippen molar-refractivity contribution in [3.63, 3.8) is 0 Å². The van der Waals surface area contributed by atoms with Crippen molar-refractivity contribution < 1.29 is 9.53 Å². The smallest absolute Gasteiger partial charge is 0.225 e. The van der Waals surface area contributed by atoms with Crippen molar-refractivity contribution in [1.29, 1.82) is 0 Å². The van der Waals surface area contributed by atoms with Crippen molar-refractivity contribution in [1.82, 2.24) is 10.2 Å². The molecule has 5 nitrogen and oxygen atoms in total. The number of amides is 1. The van der Waals surface area contributed by atoms with Crippen LogP contribution in [0.3, 0.4) is 0 Å². The fourth-order valence-electron chi connectivity index (χ4n) is 1.81. The van der Waals surface area contributed by atoms with Crippen LogP contribution in [-0.2, 0) is 4.79 Å². The molecule has 1 amide bonds. The van der Waals surface area contributed by atoms with Gasteiger partial charge in [0, 0.05) is 12.0 Å². The van der Waals surface area contributed by atoms with Gasteiger partial charge in [-0.1, -0.05) is 18.2 Å². The van der Waals surface area contributed by atoms with Gasteiger partial charge in [-0.15, -0.1) is 0 Å². The maximum absolute atomic E-state index is 11.7. The number of hydrogen-bond donors (Lipinski definition) is 2. The molecule has 2 N–H and O–H groups in total. The van der Waals surface area contributed by atoms with Crippen LogP contribution in [0.25, 0.3) is 0 Å². The van der Waals surface area contributed by atoms with Gasteiger partial charge in [0.2, 0.25) is 5.91 Å². The first kappa shape index (κ1) is 14.1. The van der Waals surface area contributed by atoms with E-state index in [4.69, 9.17) is 4.74 Å². The highest BCUT2D eigenvalue weighted by atomic mass is 16.5. The summed E-state index contributed by atoms with van der Waals surface area (Å²) in [7, 11) is 0. The first-order valence-electron chi connectivity index (χ1n) is 6.65. The maximum Gasteiger partial charge on any atom is 0.225 e. The molecule has 0 saturated heterocycles. The molecule has 2 rings (SSSR count). The molecular formula is C15H19N3O2.